The van der Waals surface area contributed by atoms with Gasteiger partial charge in [0.05, 0.1) is 24.6 Å². The Bertz CT molecular complexity index is 1650. The number of urea groups is 1. The third kappa shape index (κ3) is 4.84. The number of aromatic amines is 2. The molecule has 0 bridgehead atoms. The number of aromatic hydroxyl groups is 1. The Morgan fingerprint density at radius 3 is 2.62 bits per heavy atom. The smallest absolute Gasteiger partial charge is 0.324 e. The van der Waals surface area contributed by atoms with Crippen molar-refractivity contribution in [3.8, 4) is 17.3 Å². The van der Waals surface area contributed by atoms with Gasteiger partial charge in [-0.05, 0) is 30.2 Å². The van der Waals surface area contributed by atoms with Gasteiger partial charge in [-0.2, -0.15) is 0 Å². The highest BCUT2D eigenvalue weighted by molar-refractivity contribution is 5.98. The van der Waals surface area contributed by atoms with E-state index in [4.69, 9.17) is 4.74 Å². The first-order valence-corrected chi connectivity index (χ1v) is 12.8. The van der Waals surface area contributed by atoms with Gasteiger partial charge in [0.15, 0.2) is 5.65 Å². The maximum Gasteiger partial charge on any atom is 0.324 e. The van der Waals surface area contributed by atoms with E-state index in [1.54, 1.807) is 48.3 Å². The van der Waals surface area contributed by atoms with E-state index in [9.17, 15) is 19.1 Å². The maximum atomic E-state index is 13.7. The normalized spacial score (nSPS) is 15.7. The summed E-state index contributed by atoms with van der Waals surface area (Å²) in [5, 5.41) is 11.0. The molecule has 210 valence electrons. The quantitative estimate of drug-likeness (QED) is 0.317. The SMILES string of the molecule is Cc1cc(Cc2c[nH+]c(-c3nc4c(N5CCN(C)C5=O)cc(N5CCOCC5)cn4c(=O)c3O)[nH]2)ccc1F.[Cl-]. The summed E-state index contributed by atoms with van der Waals surface area (Å²) in [6, 6.07) is 6.59. The van der Waals surface area contributed by atoms with E-state index in [0.29, 0.717) is 62.9 Å². The molecule has 13 heteroatoms. The number of ether oxygens (including phenoxy) is 1. The zero-order valence-corrected chi connectivity index (χ0v) is 22.8. The Morgan fingerprint density at radius 1 is 1.15 bits per heavy atom. The van der Waals surface area contributed by atoms with Crippen LogP contribution in [0.25, 0.3) is 17.2 Å². The zero-order chi connectivity index (χ0) is 27.3. The van der Waals surface area contributed by atoms with Crippen LogP contribution in [0, 0.1) is 12.7 Å². The van der Waals surface area contributed by atoms with E-state index in [1.807, 2.05) is 6.07 Å². The van der Waals surface area contributed by atoms with Crippen molar-refractivity contribution in [1.82, 2.24) is 19.3 Å². The molecule has 0 atom stereocenters. The Morgan fingerprint density at radius 2 is 1.93 bits per heavy atom. The largest absolute Gasteiger partial charge is 1.00 e. The van der Waals surface area contributed by atoms with E-state index in [-0.39, 0.29) is 35.6 Å². The van der Waals surface area contributed by atoms with Crippen LogP contribution in [0.15, 0.2) is 41.5 Å². The summed E-state index contributed by atoms with van der Waals surface area (Å²) in [6.45, 7) is 5.08. The molecule has 2 fully saturated rings. The summed E-state index contributed by atoms with van der Waals surface area (Å²) in [4.78, 5) is 42.7. The number of likely N-dealkylation sites (N-methyl/N-ethyl adjacent to an activating group) is 1. The molecule has 5 heterocycles. The van der Waals surface area contributed by atoms with Crippen molar-refractivity contribution in [3.63, 3.8) is 0 Å². The fraction of sp³-hybridized carbons (Fsp3) is 0.333. The van der Waals surface area contributed by atoms with E-state index in [2.05, 4.69) is 19.9 Å². The first-order chi connectivity index (χ1) is 18.8. The van der Waals surface area contributed by atoms with Gasteiger partial charge in [0, 0.05) is 45.8 Å². The van der Waals surface area contributed by atoms with Crippen LogP contribution in [-0.4, -0.2) is 76.8 Å². The van der Waals surface area contributed by atoms with Crippen LogP contribution < -0.4 is 32.8 Å². The second-order valence-electron chi connectivity index (χ2n) is 9.92. The molecule has 1 aromatic carbocycles. The molecule has 2 saturated heterocycles. The Labute approximate surface area is 235 Å². The number of halogens is 2. The van der Waals surface area contributed by atoms with Gasteiger partial charge in [-0.25, -0.2) is 24.1 Å². The molecule has 0 aliphatic carbocycles. The molecule has 0 unspecified atom stereocenters. The molecule has 0 spiro atoms. The summed E-state index contributed by atoms with van der Waals surface area (Å²) in [5.74, 6) is -0.447. The number of aryl methyl sites for hydroxylation is 1. The van der Waals surface area contributed by atoms with Gasteiger partial charge >= 0.3 is 17.4 Å². The predicted octanol–water partition coefficient (Wildman–Crippen LogP) is -1.04. The molecule has 3 N–H and O–H groups in total. The molecule has 0 radical (unpaired) electrons. The minimum absolute atomic E-state index is 0. The van der Waals surface area contributed by atoms with Crippen molar-refractivity contribution in [2.75, 3.05) is 56.2 Å². The Kier molecular flexibility index (Phi) is 7.39. The lowest BCUT2D eigenvalue weighted by Gasteiger charge is -2.30. The number of anilines is 2. The summed E-state index contributed by atoms with van der Waals surface area (Å²) in [5.41, 5.74) is 3.09. The standard InChI is InChI=1S/C27H28FN7O4.ClH/c1-16-11-17(3-4-20(16)28)12-18-14-29-24(30-18)22-23(36)26(37)35-15-19(33-7-9-39-10-8-33)13-21(25(35)31-22)34-6-5-32(2)27(34)38;/h3-4,11,13-15,36H,5-10,12H2,1-2H3,(H,29,30);1H. The van der Waals surface area contributed by atoms with E-state index >= 15 is 0 Å². The minimum Gasteiger partial charge on any atom is -1.00 e. The van der Waals surface area contributed by atoms with Crippen LogP contribution in [0.5, 0.6) is 5.75 Å². The van der Waals surface area contributed by atoms with Gasteiger partial charge in [-0.3, -0.25) is 14.1 Å². The Hall–Kier alpha value is -4.16. The van der Waals surface area contributed by atoms with Crippen LogP contribution in [0.1, 0.15) is 16.8 Å². The van der Waals surface area contributed by atoms with E-state index in [0.717, 1.165) is 16.9 Å². The van der Waals surface area contributed by atoms with Crippen LogP contribution in [-0.2, 0) is 11.2 Å². The summed E-state index contributed by atoms with van der Waals surface area (Å²) in [7, 11) is 1.73. The van der Waals surface area contributed by atoms with Crippen molar-refractivity contribution >= 4 is 23.1 Å². The fourth-order valence-electron chi connectivity index (χ4n) is 5.09. The van der Waals surface area contributed by atoms with Crippen molar-refractivity contribution < 1.29 is 36.4 Å². The van der Waals surface area contributed by atoms with Crippen LogP contribution >= 0.6 is 0 Å². The van der Waals surface area contributed by atoms with Crippen LogP contribution in [0.3, 0.4) is 0 Å². The van der Waals surface area contributed by atoms with Gasteiger partial charge < -0.3 is 32.1 Å². The first kappa shape index (κ1) is 27.4. The monoisotopic (exact) mass is 569 g/mol. The number of pyridine rings is 1. The number of carbonyl (C=O) groups excluding carboxylic acids is 1. The van der Waals surface area contributed by atoms with Gasteiger partial charge in [-0.1, -0.05) is 12.1 Å². The van der Waals surface area contributed by atoms with Crippen molar-refractivity contribution in [2.45, 2.75) is 13.3 Å². The highest BCUT2D eigenvalue weighted by Crippen LogP contribution is 2.31. The van der Waals surface area contributed by atoms with Gasteiger partial charge in [0.25, 0.3) is 0 Å². The number of nitrogens with one attached hydrogen (secondary N) is 2. The van der Waals surface area contributed by atoms with Crippen LogP contribution in [0.4, 0.5) is 20.6 Å². The minimum atomic E-state index is -0.648. The zero-order valence-electron chi connectivity index (χ0n) is 22.1. The number of nitrogens with zero attached hydrogens (tertiary/aromatic N) is 5. The number of carbonyl (C=O) groups is 1. The van der Waals surface area contributed by atoms with Crippen molar-refractivity contribution in [1.29, 1.82) is 0 Å². The molecule has 2 amide bonds. The number of hydrogen-bond donors (Lipinski definition) is 2. The molecule has 6 rings (SSSR count). The molecular formula is C27H29ClFN7O4. The third-order valence-electron chi connectivity index (χ3n) is 7.28. The van der Waals surface area contributed by atoms with Crippen molar-refractivity contribution in [2.24, 2.45) is 0 Å². The van der Waals surface area contributed by atoms with Gasteiger partial charge in [0.2, 0.25) is 11.4 Å². The van der Waals surface area contributed by atoms with Crippen LogP contribution in [0.2, 0.25) is 0 Å². The number of fused-ring (bicyclic) bond motifs is 1. The van der Waals surface area contributed by atoms with Gasteiger partial charge in [-0.15, -0.1) is 0 Å². The summed E-state index contributed by atoms with van der Waals surface area (Å²) in [6.07, 6.45) is 3.85. The third-order valence-corrected chi connectivity index (χ3v) is 7.28. The highest BCUT2D eigenvalue weighted by Gasteiger charge is 2.31. The number of rotatable bonds is 5. The fourth-order valence-corrected chi connectivity index (χ4v) is 5.09. The molecule has 3 aromatic heterocycles. The van der Waals surface area contributed by atoms with E-state index in [1.165, 1.54) is 10.5 Å². The van der Waals surface area contributed by atoms with E-state index < -0.39 is 11.3 Å². The van der Waals surface area contributed by atoms with Gasteiger partial charge in [0.1, 0.15) is 17.7 Å². The molecule has 4 aromatic rings. The highest BCUT2D eigenvalue weighted by atomic mass is 35.5. The number of aromatic nitrogens is 4. The number of amides is 2. The molecule has 11 nitrogen and oxygen atoms in total. The molecule has 40 heavy (non-hydrogen) atoms. The molecule has 2 aliphatic rings. The Balaban J connectivity index is 0.00000323. The molecule has 2 aliphatic heterocycles. The summed E-state index contributed by atoms with van der Waals surface area (Å²) < 4.78 is 20.4. The van der Waals surface area contributed by atoms with Crippen molar-refractivity contribution in [3.05, 3.63) is 69.7 Å². The number of benzene rings is 1. The number of imidazole rings is 1. The second-order valence-corrected chi connectivity index (χ2v) is 9.92. The number of morpholine rings is 1. The topological polar surface area (TPSA) is 121 Å². The lowest BCUT2D eigenvalue weighted by Crippen LogP contribution is -3.00. The summed E-state index contributed by atoms with van der Waals surface area (Å²) >= 11 is 0. The maximum absolute atomic E-state index is 13.7. The number of hydrogen-bond acceptors (Lipinski definition) is 6. The predicted molar refractivity (Wildman–Crippen MR) is 142 cm³/mol. The number of H-pyrrole nitrogens is 2. The lowest BCUT2D eigenvalue weighted by atomic mass is 10.1. The average Bonchev–Trinajstić information content (AvgIpc) is 3.54. The first-order valence-electron chi connectivity index (χ1n) is 12.8. The average molecular weight is 570 g/mol. The second kappa shape index (κ2) is 10.8. The molecule has 0 saturated carbocycles. The molecular weight excluding hydrogens is 541 g/mol. The lowest BCUT2D eigenvalue weighted by molar-refractivity contribution is -0.362.